The lowest BCUT2D eigenvalue weighted by Crippen LogP contribution is -2.50. The van der Waals surface area contributed by atoms with Crippen molar-refractivity contribution in [3.8, 4) is 0 Å². The van der Waals surface area contributed by atoms with Crippen LogP contribution in [0.15, 0.2) is 18.2 Å². The van der Waals surface area contributed by atoms with Gasteiger partial charge in [-0.1, -0.05) is 13.8 Å². The highest BCUT2D eigenvalue weighted by molar-refractivity contribution is 6.05. The van der Waals surface area contributed by atoms with E-state index in [1.807, 2.05) is 12.1 Å². The Morgan fingerprint density at radius 2 is 2.22 bits per heavy atom. The summed E-state index contributed by atoms with van der Waals surface area (Å²) in [7, 11) is 0. The third-order valence-corrected chi connectivity index (χ3v) is 4.64. The zero-order valence-electron chi connectivity index (χ0n) is 13.9. The Balaban J connectivity index is 1.76. The topological polar surface area (TPSA) is 61.4 Å². The molecule has 0 spiro atoms. The van der Waals surface area contributed by atoms with Gasteiger partial charge in [0.2, 0.25) is 5.91 Å². The molecular weight excluding hydrogens is 290 g/mol. The minimum atomic E-state index is -0.0801. The molecule has 1 aromatic carbocycles. The molecule has 1 fully saturated rings. The highest BCUT2D eigenvalue weighted by Gasteiger charge is 2.34. The predicted octanol–water partition coefficient (Wildman–Crippen LogP) is 2.77. The minimum absolute atomic E-state index is 0.0505. The Hall–Kier alpha value is -2.04. The van der Waals surface area contributed by atoms with Crippen molar-refractivity contribution in [2.75, 3.05) is 23.3 Å². The highest BCUT2D eigenvalue weighted by atomic mass is 16.2. The van der Waals surface area contributed by atoms with E-state index in [2.05, 4.69) is 29.4 Å². The number of carbonyl (C=O) groups excluding carboxylic acids is 2. The number of carbonyl (C=O) groups is 2. The number of hydrogen-bond donors (Lipinski definition) is 2. The van der Waals surface area contributed by atoms with Gasteiger partial charge in [-0.15, -0.1) is 0 Å². The van der Waals surface area contributed by atoms with E-state index in [4.69, 9.17) is 0 Å². The van der Waals surface area contributed by atoms with Gasteiger partial charge in [-0.25, -0.2) is 0 Å². The van der Waals surface area contributed by atoms with Crippen molar-refractivity contribution >= 4 is 23.2 Å². The van der Waals surface area contributed by atoms with E-state index in [1.54, 1.807) is 6.07 Å². The molecule has 1 aromatic rings. The van der Waals surface area contributed by atoms with Crippen LogP contribution in [-0.4, -0.2) is 30.9 Å². The third-order valence-electron chi connectivity index (χ3n) is 4.64. The van der Waals surface area contributed by atoms with Gasteiger partial charge in [0, 0.05) is 18.7 Å². The molecule has 5 nitrogen and oxygen atoms in total. The van der Waals surface area contributed by atoms with Gasteiger partial charge in [0.15, 0.2) is 0 Å². The third kappa shape index (κ3) is 3.33. The van der Waals surface area contributed by atoms with Crippen LogP contribution in [0.4, 0.5) is 11.4 Å². The number of hydrogen-bond acceptors (Lipinski definition) is 3. The predicted molar refractivity (Wildman–Crippen MR) is 91.8 cm³/mol. The van der Waals surface area contributed by atoms with Gasteiger partial charge >= 0.3 is 0 Å². The Bertz CT molecular complexity index is 612. The first-order chi connectivity index (χ1) is 11.1. The van der Waals surface area contributed by atoms with Crippen LogP contribution >= 0.6 is 0 Å². The maximum Gasteiger partial charge on any atom is 0.251 e. The quantitative estimate of drug-likeness (QED) is 0.898. The summed E-state index contributed by atoms with van der Waals surface area (Å²) >= 11 is 0. The Morgan fingerprint density at radius 1 is 1.39 bits per heavy atom. The fourth-order valence-corrected chi connectivity index (χ4v) is 3.31. The lowest BCUT2D eigenvalue weighted by molar-refractivity contribution is -0.118. The maximum atomic E-state index is 12.3. The first-order valence-electron chi connectivity index (χ1n) is 8.56. The number of rotatable bonds is 4. The average molecular weight is 315 g/mol. The molecule has 0 aromatic heterocycles. The maximum absolute atomic E-state index is 12.3. The first kappa shape index (κ1) is 15.8. The molecule has 0 radical (unpaired) electrons. The van der Waals surface area contributed by atoms with Crippen LogP contribution in [0.3, 0.4) is 0 Å². The molecule has 0 bridgehead atoms. The van der Waals surface area contributed by atoms with Gasteiger partial charge in [0.05, 0.1) is 11.4 Å². The molecule has 2 aliphatic heterocycles. The SMILES string of the molecule is CC(C)CCNC(=O)c1ccc2c(c1)NC(=O)[C@@H]1CCCCN21. The number of piperidine rings is 1. The van der Waals surface area contributed by atoms with Crippen LogP contribution in [0.25, 0.3) is 0 Å². The summed E-state index contributed by atoms with van der Waals surface area (Å²) in [5.41, 5.74) is 2.39. The van der Waals surface area contributed by atoms with Crippen molar-refractivity contribution in [1.82, 2.24) is 5.32 Å². The van der Waals surface area contributed by atoms with Gasteiger partial charge in [0.25, 0.3) is 5.91 Å². The lowest BCUT2D eigenvalue weighted by atomic mass is 9.97. The van der Waals surface area contributed by atoms with E-state index in [9.17, 15) is 9.59 Å². The molecule has 0 aliphatic carbocycles. The molecule has 1 atom stereocenters. The molecule has 124 valence electrons. The number of fused-ring (bicyclic) bond motifs is 3. The smallest absolute Gasteiger partial charge is 0.251 e. The second-order valence-electron chi connectivity index (χ2n) is 6.86. The van der Waals surface area contributed by atoms with Gasteiger partial charge in [-0.2, -0.15) is 0 Å². The Morgan fingerprint density at radius 3 is 3.00 bits per heavy atom. The monoisotopic (exact) mass is 315 g/mol. The van der Waals surface area contributed by atoms with Crippen LogP contribution in [-0.2, 0) is 4.79 Å². The van der Waals surface area contributed by atoms with E-state index in [0.29, 0.717) is 18.0 Å². The van der Waals surface area contributed by atoms with Crippen molar-refractivity contribution in [2.24, 2.45) is 5.92 Å². The summed E-state index contributed by atoms with van der Waals surface area (Å²) in [5, 5.41) is 5.91. The summed E-state index contributed by atoms with van der Waals surface area (Å²) in [6.45, 7) is 5.85. The second-order valence-corrected chi connectivity index (χ2v) is 6.86. The average Bonchev–Trinajstić information content (AvgIpc) is 2.54. The second kappa shape index (κ2) is 6.60. The standard InChI is InChI=1S/C18H25N3O2/c1-12(2)8-9-19-17(22)13-6-7-15-14(11-13)20-18(23)16-5-3-4-10-21(15)16/h6-7,11-12,16H,3-5,8-10H2,1-2H3,(H,19,22)(H,20,23)/t16-/m0/s1. The number of anilines is 2. The number of amides is 2. The van der Waals surface area contributed by atoms with E-state index in [-0.39, 0.29) is 17.9 Å². The van der Waals surface area contributed by atoms with E-state index < -0.39 is 0 Å². The number of benzene rings is 1. The van der Waals surface area contributed by atoms with Crippen molar-refractivity contribution in [3.05, 3.63) is 23.8 Å². The van der Waals surface area contributed by atoms with E-state index >= 15 is 0 Å². The van der Waals surface area contributed by atoms with Crippen LogP contribution < -0.4 is 15.5 Å². The van der Waals surface area contributed by atoms with Crippen molar-refractivity contribution in [3.63, 3.8) is 0 Å². The normalized spacial score (nSPS) is 19.9. The molecule has 2 amide bonds. The summed E-state index contributed by atoms with van der Waals surface area (Å²) in [4.78, 5) is 26.7. The largest absolute Gasteiger partial charge is 0.358 e. The van der Waals surface area contributed by atoms with Crippen LogP contribution in [0, 0.1) is 5.92 Å². The highest BCUT2D eigenvalue weighted by Crippen LogP contribution is 2.36. The summed E-state index contributed by atoms with van der Waals surface area (Å²) < 4.78 is 0. The van der Waals surface area contributed by atoms with Crippen LogP contribution in [0.1, 0.15) is 49.9 Å². The zero-order valence-corrected chi connectivity index (χ0v) is 13.9. The van der Waals surface area contributed by atoms with Gasteiger partial charge in [-0.3, -0.25) is 9.59 Å². The van der Waals surface area contributed by atoms with Crippen molar-refractivity contribution in [2.45, 2.75) is 45.6 Å². The molecule has 5 heteroatoms. The Labute approximate surface area is 137 Å². The van der Waals surface area contributed by atoms with Gasteiger partial charge < -0.3 is 15.5 Å². The molecule has 1 saturated heterocycles. The fourth-order valence-electron chi connectivity index (χ4n) is 3.31. The molecule has 3 rings (SSSR count). The molecule has 2 heterocycles. The zero-order chi connectivity index (χ0) is 16.4. The number of nitrogens with one attached hydrogen (secondary N) is 2. The van der Waals surface area contributed by atoms with E-state index in [0.717, 1.165) is 43.6 Å². The molecule has 23 heavy (non-hydrogen) atoms. The fraction of sp³-hybridized carbons (Fsp3) is 0.556. The molecule has 0 unspecified atom stereocenters. The summed E-state index contributed by atoms with van der Waals surface area (Å²) in [6, 6.07) is 5.56. The summed E-state index contributed by atoms with van der Waals surface area (Å²) in [5.74, 6) is 0.534. The Kier molecular flexibility index (Phi) is 4.55. The van der Waals surface area contributed by atoms with Gasteiger partial charge in [-0.05, 0) is 49.8 Å². The first-order valence-corrected chi connectivity index (χ1v) is 8.56. The van der Waals surface area contributed by atoms with Crippen molar-refractivity contribution < 1.29 is 9.59 Å². The van der Waals surface area contributed by atoms with Crippen LogP contribution in [0.2, 0.25) is 0 Å². The summed E-state index contributed by atoms with van der Waals surface area (Å²) in [6.07, 6.45) is 4.08. The van der Waals surface area contributed by atoms with Crippen LogP contribution in [0.5, 0.6) is 0 Å². The lowest BCUT2D eigenvalue weighted by Gasteiger charge is -2.41. The van der Waals surface area contributed by atoms with Gasteiger partial charge in [0.1, 0.15) is 6.04 Å². The molecule has 2 N–H and O–H groups in total. The molecule has 0 saturated carbocycles. The minimum Gasteiger partial charge on any atom is -0.358 e. The molecular formula is C18H25N3O2. The molecule has 2 aliphatic rings. The number of nitrogens with zero attached hydrogens (tertiary/aromatic N) is 1. The van der Waals surface area contributed by atoms with E-state index in [1.165, 1.54) is 0 Å². The van der Waals surface area contributed by atoms with Crippen molar-refractivity contribution in [1.29, 1.82) is 0 Å².